The van der Waals surface area contributed by atoms with Crippen LogP contribution in [0, 0.1) is 0 Å². The van der Waals surface area contributed by atoms with Gasteiger partial charge in [0.1, 0.15) is 0 Å². The molecule has 3 N–H and O–H groups in total. The average Bonchev–Trinajstić information content (AvgIpc) is 3.21. The van der Waals surface area contributed by atoms with Crippen LogP contribution in [-0.4, -0.2) is 32.6 Å². The van der Waals surface area contributed by atoms with Crippen LogP contribution in [0.15, 0.2) is 40.0 Å². The van der Waals surface area contributed by atoms with E-state index in [9.17, 15) is 13.2 Å². The summed E-state index contributed by atoms with van der Waals surface area (Å²) in [6.45, 7) is 0. The summed E-state index contributed by atoms with van der Waals surface area (Å²) in [6.07, 6.45) is 1.39. The fourth-order valence-electron chi connectivity index (χ4n) is 3.49. The number of aromatic nitrogens is 2. The molecule has 1 unspecified atom stereocenters. The molecule has 1 aliphatic rings. The lowest BCUT2D eigenvalue weighted by molar-refractivity contribution is 0.354. The third kappa shape index (κ3) is 3.08. The summed E-state index contributed by atoms with van der Waals surface area (Å²) < 4.78 is 39.1. The highest BCUT2D eigenvalue weighted by molar-refractivity contribution is 7.89. The first-order valence-electron chi connectivity index (χ1n) is 8.40. The summed E-state index contributed by atoms with van der Waals surface area (Å²) in [4.78, 5) is 16.6. The predicted octanol–water partition coefficient (Wildman–Crippen LogP) is 1.84. The Balaban J connectivity index is 1.67. The minimum atomic E-state index is -3.76. The molecule has 1 aromatic heterocycles. The van der Waals surface area contributed by atoms with Crippen LogP contribution in [-0.2, 0) is 16.4 Å². The Morgan fingerprint density at radius 2 is 1.74 bits per heavy atom. The van der Waals surface area contributed by atoms with Crippen LogP contribution in [0.4, 0.5) is 0 Å². The number of ether oxygens (including phenoxy) is 2. The van der Waals surface area contributed by atoms with Gasteiger partial charge in [-0.3, -0.25) is 0 Å². The molecule has 9 heteroatoms. The van der Waals surface area contributed by atoms with Gasteiger partial charge in [-0.05, 0) is 54.3 Å². The largest absolute Gasteiger partial charge is 0.493 e. The van der Waals surface area contributed by atoms with E-state index >= 15 is 0 Å². The molecule has 8 nitrogen and oxygen atoms in total. The van der Waals surface area contributed by atoms with Gasteiger partial charge in [-0.25, -0.2) is 17.9 Å². The summed E-state index contributed by atoms with van der Waals surface area (Å²) in [7, 11) is -0.645. The molecule has 3 aromatic rings. The van der Waals surface area contributed by atoms with Gasteiger partial charge >= 0.3 is 5.69 Å². The monoisotopic (exact) mass is 389 g/mol. The van der Waals surface area contributed by atoms with Gasteiger partial charge in [0.05, 0.1) is 30.1 Å². The molecule has 4 rings (SSSR count). The number of fused-ring (bicyclic) bond motifs is 2. The third-order valence-corrected chi connectivity index (χ3v) is 6.29. The van der Waals surface area contributed by atoms with Crippen molar-refractivity contribution in [3.8, 4) is 11.5 Å². The number of hydrogen-bond donors (Lipinski definition) is 3. The number of sulfonamides is 1. The Morgan fingerprint density at radius 3 is 2.48 bits per heavy atom. The molecule has 0 aliphatic heterocycles. The van der Waals surface area contributed by atoms with Gasteiger partial charge in [0.2, 0.25) is 10.0 Å². The number of rotatable bonds is 5. The highest BCUT2D eigenvalue weighted by atomic mass is 32.2. The number of imidazole rings is 1. The predicted molar refractivity (Wildman–Crippen MR) is 99.8 cm³/mol. The van der Waals surface area contributed by atoms with E-state index in [0.717, 1.165) is 17.5 Å². The van der Waals surface area contributed by atoms with E-state index in [1.807, 2.05) is 12.1 Å². The molecule has 142 valence electrons. The van der Waals surface area contributed by atoms with Gasteiger partial charge in [0.25, 0.3) is 0 Å². The molecule has 0 bridgehead atoms. The summed E-state index contributed by atoms with van der Waals surface area (Å²) in [5.41, 5.74) is 2.54. The minimum absolute atomic E-state index is 0.0965. The van der Waals surface area contributed by atoms with Crippen molar-refractivity contribution in [2.45, 2.75) is 23.8 Å². The fraction of sp³-hybridized carbons (Fsp3) is 0.278. The van der Waals surface area contributed by atoms with Crippen molar-refractivity contribution in [1.82, 2.24) is 14.7 Å². The SMILES string of the molecule is COc1cc2c(cc1OC)C(NS(=O)(=O)c1ccc3[nH]c(=O)[nH]c3c1)CC2. The van der Waals surface area contributed by atoms with Crippen LogP contribution in [0.5, 0.6) is 11.5 Å². The molecule has 0 fully saturated rings. The van der Waals surface area contributed by atoms with Gasteiger partial charge in [-0.1, -0.05) is 0 Å². The Bertz CT molecular complexity index is 1180. The van der Waals surface area contributed by atoms with Gasteiger partial charge in [0, 0.05) is 6.04 Å². The summed E-state index contributed by atoms with van der Waals surface area (Å²) in [6, 6.07) is 7.84. The maximum Gasteiger partial charge on any atom is 0.323 e. The Labute approximate surface area is 155 Å². The van der Waals surface area contributed by atoms with Crippen molar-refractivity contribution >= 4 is 21.1 Å². The van der Waals surface area contributed by atoms with Crippen molar-refractivity contribution in [1.29, 1.82) is 0 Å². The number of aromatic amines is 2. The van der Waals surface area contributed by atoms with Crippen molar-refractivity contribution in [3.05, 3.63) is 51.9 Å². The highest BCUT2D eigenvalue weighted by Crippen LogP contribution is 2.39. The Kier molecular flexibility index (Phi) is 4.20. The molecule has 0 radical (unpaired) electrons. The van der Waals surface area contributed by atoms with E-state index in [1.165, 1.54) is 12.1 Å². The van der Waals surface area contributed by atoms with E-state index in [-0.39, 0.29) is 16.6 Å². The van der Waals surface area contributed by atoms with Crippen LogP contribution in [0.2, 0.25) is 0 Å². The number of methoxy groups -OCH3 is 2. The molecule has 0 spiro atoms. The normalized spacial score (nSPS) is 16.4. The van der Waals surface area contributed by atoms with E-state index < -0.39 is 10.0 Å². The summed E-state index contributed by atoms with van der Waals surface area (Å²) in [5.74, 6) is 1.19. The topological polar surface area (TPSA) is 113 Å². The van der Waals surface area contributed by atoms with Gasteiger partial charge in [-0.2, -0.15) is 0 Å². The minimum Gasteiger partial charge on any atom is -0.493 e. The van der Waals surface area contributed by atoms with Gasteiger partial charge in [0.15, 0.2) is 11.5 Å². The van der Waals surface area contributed by atoms with E-state index in [1.54, 1.807) is 20.3 Å². The van der Waals surface area contributed by atoms with Crippen LogP contribution in [0.3, 0.4) is 0 Å². The first-order chi connectivity index (χ1) is 12.9. The molecule has 1 atom stereocenters. The van der Waals surface area contributed by atoms with Crippen LogP contribution >= 0.6 is 0 Å². The van der Waals surface area contributed by atoms with Crippen molar-refractivity contribution in [3.63, 3.8) is 0 Å². The van der Waals surface area contributed by atoms with Crippen molar-refractivity contribution in [2.24, 2.45) is 0 Å². The third-order valence-electron chi connectivity index (χ3n) is 4.82. The zero-order chi connectivity index (χ0) is 19.2. The van der Waals surface area contributed by atoms with Crippen LogP contribution in [0.1, 0.15) is 23.6 Å². The lowest BCUT2D eigenvalue weighted by atomic mass is 10.1. The lowest BCUT2D eigenvalue weighted by Crippen LogP contribution is -2.27. The molecule has 1 heterocycles. The number of aryl methyl sites for hydroxylation is 1. The summed E-state index contributed by atoms with van der Waals surface area (Å²) >= 11 is 0. The first kappa shape index (κ1) is 17.6. The maximum atomic E-state index is 12.9. The smallest absolute Gasteiger partial charge is 0.323 e. The second kappa shape index (κ2) is 6.43. The van der Waals surface area contributed by atoms with Gasteiger partial charge in [-0.15, -0.1) is 0 Å². The molecule has 0 saturated heterocycles. The quantitative estimate of drug-likeness (QED) is 0.616. The molecule has 0 saturated carbocycles. The van der Waals surface area contributed by atoms with E-state index in [2.05, 4.69) is 14.7 Å². The number of nitrogens with one attached hydrogen (secondary N) is 3. The maximum absolute atomic E-state index is 12.9. The second-order valence-electron chi connectivity index (χ2n) is 6.41. The van der Waals surface area contributed by atoms with Gasteiger partial charge < -0.3 is 19.4 Å². The standard InChI is InChI=1S/C18H19N3O5S/c1-25-16-7-10-3-5-13(12(10)9-17(16)26-2)21-27(23,24)11-4-6-14-15(8-11)20-18(22)19-14/h4,6-9,13,21H,3,5H2,1-2H3,(H2,19,20,22). The summed E-state index contributed by atoms with van der Waals surface area (Å²) in [5, 5.41) is 0. The molecular weight excluding hydrogens is 370 g/mol. The fourth-order valence-corrected chi connectivity index (χ4v) is 4.77. The average molecular weight is 389 g/mol. The molecular formula is C18H19N3O5S. The van der Waals surface area contributed by atoms with Crippen molar-refractivity contribution < 1.29 is 17.9 Å². The molecule has 0 amide bonds. The number of benzene rings is 2. The Hall–Kier alpha value is -2.78. The number of hydrogen-bond acceptors (Lipinski definition) is 5. The molecule has 2 aromatic carbocycles. The molecule has 27 heavy (non-hydrogen) atoms. The zero-order valence-corrected chi connectivity index (χ0v) is 15.6. The number of H-pyrrole nitrogens is 2. The lowest BCUT2D eigenvalue weighted by Gasteiger charge is -2.16. The van der Waals surface area contributed by atoms with E-state index in [4.69, 9.17) is 9.47 Å². The highest BCUT2D eigenvalue weighted by Gasteiger charge is 2.29. The Morgan fingerprint density at radius 1 is 1.04 bits per heavy atom. The first-order valence-corrected chi connectivity index (χ1v) is 9.89. The van der Waals surface area contributed by atoms with Crippen LogP contribution < -0.4 is 19.9 Å². The zero-order valence-electron chi connectivity index (χ0n) is 14.8. The second-order valence-corrected chi connectivity index (χ2v) is 8.12. The van der Waals surface area contributed by atoms with Crippen LogP contribution in [0.25, 0.3) is 11.0 Å². The van der Waals surface area contributed by atoms with E-state index in [0.29, 0.717) is 29.0 Å². The van der Waals surface area contributed by atoms with Crippen molar-refractivity contribution in [2.75, 3.05) is 14.2 Å². The molecule has 1 aliphatic carbocycles.